The van der Waals surface area contributed by atoms with Crippen molar-refractivity contribution in [2.75, 3.05) is 13.2 Å². The van der Waals surface area contributed by atoms with Crippen molar-refractivity contribution in [2.24, 2.45) is 5.92 Å². The van der Waals surface area contributed by atoms with Crippen LogP contribution in [0.4, 0.5) is 0 Å². The highest BCUT2D eigenvalue weighted by atomic mass is 16.5. The van der Waals surface area contributed by atoms with E-state index in [1.54, 1.807) is 11.5 Å². The molecule has 1 amide bonds. The number of ether oxygens (including phenoxy) is 2. The molecular formula is C22H22N2O5. The van der Waals surface area contributed by atoms with Crippen LogP contribution in [0, 0.1) is 5.92 Å². The van der Waals surface area contributed by atoms with E-state index >= 15 is 0 Å². The number of aromatic nitrogens is 1. The molecule has 0 atom stereocenters. The van der Waals surface area contributed by atoms with Gasteiger partial charge in [-0.1, -0.05) is 30.3 Å². The Labute approximate surface area is 167 Å². The molecule has 2 saturated heterocycles. The summed E-state index contributed by atoms with van der Waals surface area (Å²) in [4.78, 5) is 40.7. The third kappa shape index (κ3) is 2.68. The lowest BCUT2D eigenvalue weighted by Crippen LogP contribution is -2.56. The summed E-state index contributed by atoms with van der Waals surface area (Å²) in [5, 5.41) is 0. The maximum atomic E-state index is 13.3. The molecule has 7 nitrogen and oxygen atoms in total. The predicted molar refractivity (Wildman–Crippen MR) is 104 cm³/mol. The van der Waals surface area contributed by atoms with Gasteiger partial charge in [-0.15, -0.1) is 0 Å². The number of fused-ring (bicyclic) bond motifs is 1. The SMILES string of the molecule is CCOC(=O)c1cn2c(c(OCc3ccccc3)c1=O)C(=O)N1CC3CC1(C3)C2. The van der Waals surface area contributed by atoms with E-state index < -0.39 is 11.4 Å². The van der Waals surface area contributed by atoms with Crippen LogP contribution < -0.4 is 10.2 Å². The smallest absolute Gasteiger partial charge is 0.343 e. The molecule has 150 valence electrons. The molecule has 1 spiro atoms. The largest absolute Gasteiger partial charge is 0.483 e. The number of hydrogen-bond acceptors (Lipinski definition) is 5. The Bertz CT molecular complexity index is 1050. The molecule has 6 rings (SSSR count). The summed E-state index contributed by atoms with van der Waals surface area (Å²) in [6.07, 6.45) is 3.42. The maximum absolute atomic E-state index is 13.3. The molecule has 7 heteroatoms. The summed E-state index contributed by atoms with van der Waals surface area (Å²) in [7, 11) is 0. The lowest BCUT2D eigenvalue weighted by molar-refractivity contribution is 0.0379. The summed E-state index contributed by atoms with van der Waals surface area (Å²) in [5.74, 6) is -0.420. The molecule has 0 unspecified atom stereocenters. The first-order chi connectivity index (χ1) is 14.0. The zero-order valence-corrected chi connectivity index (χ0v) is 16.2. The van der Waals surface area contributed by atoms with Crippen molar-refractivity contribution < 1.29 is 19.1 Å². The van der Waals surface area contributed by atoms with Crippen molar-refractivity contribution in [1.29, 1.82) is 0 Å². The van der Waals surface area contributed by atoms with Crippen LogP contribution in [0.3, 0.4) is 0 Å². The van der Waals surface area contributed by atoms with Crippen molar-refractivity contribution in [3.63, 3.8) is 0 Å². The van der Waals surface area contributed by atoms with Crippen LogP contribution in [0.2, 0.25) is 0 Å². The Balaban J connectivity index is 1.60. The highest BCUT2D eigenvalue weighted by molar-refractivity contribution is 5.99. The van der Waals surface area contributed by atoms with E-state index in [0.717, 1.165) is 24.9 Å². The Kier molecular flexibility index (Phi) is 4.01. The molecule has 2 bridgehead atoms. The lowest BCUT2D eigenvalue weighted by Gasteiger charge is -2.46. The molecule has 0 radical (unpaired) electrons. The van der Waals surface area contributed by atoms with Crippen LogP contribution in [0.15, 0.2) is 41.3 Å². The van der Waals surface area contributed by atoms with E-state index in [4.69, 9.17) is 9.47 Å². The quantitative estimate of drug-likeness (QED) is 0.727. The summed E-state index contributed by atoms with van der Waals surface area (Å²) >= 11 is 0. The van der Waals surface area contributed by atoms with Gasteiger partial charge in [0.1, 0.15) is 12.2 Å². The zero-order valence-electron chi connectivity index (χ0n) is 16.2. The number of hydrogen-bond donors (Lipinski definition) is 0. The average Bonchev–Trinajstić information content (AvgIpc) is 3.24. The number of nitrogens with zero attached hydrogens (tertiary/aromatic N) is 2. The van der Waals surface area contributed by atoms with Gasteiger partial charge in [0.15, 0.2) is 11.4 Å². The first-order valence-electron chi connectivity index (χ1n) is 9.95. The summed E-state index contributed by atoms with van der Waals surface area (Å²) in [6, 6.07) is 9.41. The highest BCUT2D eigenvalue weighted by Crippen LogP contribution is 2.54. The van der Waals surface area contributed by atoms with Crippen molar-refractivity contribution in [3.05, 3.63) is 63.6 Å². The fraction of sp³-hybridized carbons (Fsp3) is 0.409. The molecule has 2 aromatic rings. The molecule has 3 aliphatic heterocycles. The van der Waals surface area contributed by atoms with Crippen LogP contribution in [0.1, 0.15) is 46.2 Å². The van der Waals surface area contributed by atoms with Crippen molar-refractivity contribution in [3.8, 4) is 5.75 Å². The number of benzene rings is 1. The molecule has 3 fully saturated rings. The number of carbonyl (C=O) groups is 2. The number of pyridine rings is 1. The second-order valence-electron chi connectivity index (χ2n) is 8.09. The fourth-order valence-corrected chi connectivity index (χ4v) is 4.98. The van der Waals surface area contributed by atoms with Gasteiger partial charge in [0.25, 0.3) is 5.91 Å². The normalized spacial score (nSPS) is 23.8. The molecule has 0 N–H and O–H groups in total. The second kappa shape index (κ2) is 6.47. The summed E-state index contributed by atoms with van der Waals surface area (Å²) < 4.78 is 12.7. The van der Waals surface area contributed by atoms with Gasteiger partial charge in [-0.05, 0) is 31.2 Å². The summed E-state index contributed by atoms with van der Waals surface area (Å²) in [6.45, 7) is 3.28. The lowest BCUT2D eigenvalue weighted by atomic mass is 9.72. The number of esters is 1. The minimum atomic E-state index is -0.692. The molecule has 4 aliphatic rings. The second-order valence-corrected chi connectivity index (χ2v) is 8.09. The highest BCUT2D eigenvalue weighted by Gasteiger charge is 2.60. The van der Waals surface area contributed by atoms with Crippen LogP contribution in [-0.2, 0) is 17.9 Å². The Hall–Kier alpha value is -3.09. The minimum Gasteiger partial charge on any atom is -0.483 e. The number of carbonyl (C=O) groups excluding carboxylic acids is 2. The average molecular weight is 394 g/mol. The Morgan fingerprint density at radius 1 is 1.21 bits per heavy atom. The third-order valence-corrected chi connectivity index (χ3v) is 6.22. The van der Waals surface area contributed by atoms with Crippen molar-refractivity contribution in [1.82, 2.24) is 9.47 Å². The standard InChI is InChI=1S/C22H22N2O5/c1-2-28-21(27)16-11-23-13-22-8-15(9-22)10-24(22)20(26)17(23)19(18(16)25)29-12-14-6-4-3-5-7-14/h3-7,11,15H,2,8-10,12-13H2,1H3. The first kappa shape index (κ1) is 18.0. The van der Waals surface area contributed by atoms with E-state index in [1.165, 1.54) is 6.20 Å². The Morgan fingerprint density at radius 2 is 1.97 bits per heavy atom. The molecule has 29 heavy (non-hydrogen) atoms. The van der Waals surface area contributed by atoms with Gasteiger partial charge in [-0.3, -0.25) is 9.59 Å². The fourth-order valence-electron chi connectivity index (χ4n) is 4.98. The first-order valence-corrected chi connectivity index (χ1v) is 9.95. The monoisotopic (exact) mass is 394 g/mol. The van der Waals surface area contributed by atoms with Crippen LogP contribution in [0.5, 0.6) is 5.75 Å². The van der Waals surface area contributed by atoms with E-state index in [2.05, 4.69) is 0 Å². The number of amides is 1. The zero-order chi connectivity index (χ0) is 20.2. The number of rotatable bonds is 5. The van der Waals surface area contributed by atoms with Gasteiger partial charge in [-0.25, -0.2) is 4.79 Å². The van der Waals surface area contributed by atoms with Gasteiger partial charge < -0.3 is 18.9 Å². The van der Waals surface area contributed by atoms with Crippen molar-refractivity contribution in [2.45, 2.75) is 38.5 Å². The molecule has 1 saturated carbocycles. The van der Waals surface area contributed by atoms with Gasteiger partial charge in [-0.2, -0.15) is 0 Å². The van der Waals surface area contributed by atoms with Gasteiger partial charge in [0.2, 0.25) is 5.43 Å². The Morgan fingerprint density at radius 3 is 2.69 bits per heavy atom. The van der Waals surface area contributed by atoms with Crippen LogP contribution in [-0.4, -0.2) is 40.0 Å². The molecule has 1 aromatic heterocycles. The van der Waals surface area contributed by atoms with E-state index in [0.29, 0.717) is 12.5 Å². The maximum Gasteiger partial charge on any atom is 0.343 e. The molecular weight excluding hydrogens is 372 g/mol. The minimum absolute atomic E-state index is 0.0663. The van der Waals surface area contributed by atoms with Gasteiger partial charge >= 0.3 is 5.97 Å². The predicted octanol–water partition coefficient (Wildman–Crippen LogP) is 2.22. The van der Waals surface area contributed by atoms with Crippen molar-refractivity contribution >= 4 is 11.9 Å². The van der Waals surface area contributed by atoms with Crippen LogP contribution >= 0.6 is 0 Å². The van der Waals surface area contributed by atoms with E-state index in [9.17, 15) is 14.4 Å². The van der Waals surface area contributed by atoms with Crippen LogP contribution in [0.25, 0.3) is 0 Å². The molecule has 1 aliphatic carbocycles. The molecule has 4 heterocycles. The van der Waals surface area contributed by atoms with E-state index in [1.807, 2.05) is 35.2 Å². The molecule has 1 aromatic carbocycles. The third-order valence-electron chi connectivity index (χ3n) is 6.22. The van der Waals surface area contributed by atoms with Gasteiger partial charge in [0, 0.05) is 19.3 Å². The van der Waals surface area contributed by atoms with E-state index in [-0.39, 0.29) is 41.7 Å². The summed E-state index contributed by atoms with van der Waals surface area (Å²) in [5.41, 5.74) is 0.228. The van der Waals surface area contributed by atoms with Gasteiger partial charge in [0.05, 0.1) is 12.1 Å². The topological polar surface area (TPSA) is 77.8 Å².